The third-order valence-corrected chi connectivity index (χ3v) is 5.27. The molecule has 1 aromatic rings. The first-order valence-corrected chi connectivity index (χ1v) is 8.41. The van der Waals surface area contributed by atoms with Gasteiger partial charge in [-0.25, -0.2) is 0 Å². The molecule has 0 radical (unpaired) electrons. The SMILES string of the molecule is CN1CCC[C@@]2(CCN(C(=O)Cc3cccc(C(F)(F)F)c3)C2)C1=O. The molecule has 1 spiro atoms. The van der Waals surface area contributed by atoms with Crippen LogP contribution in [0.25, 0.3) is 0 Å². The molecule has 0 unspecified atom stereocenters. The van der Waals surface area contributed by atoms with Gasteiger partial charge in [-0.05, 0) is 30.9 Å². The predicted octanol–water partition coefficient (Wildman–Crippen LogP) is 2.72. The Morgan fingerprint density at radius 1 is 1.24 bits per heavy atom. The average Bonchev–Trinajstić information content (AvgIpc) is 2.97. The third kappa shape index (κ3) is 3.50. The normalized spacial score (nSPS) is 24.2. The van der Waals surface area contributed by atoms with Crippen LogP contribution in [0, 0.1) is 5.41 Å². The predicted molar refractivity (Wildman–Crippen MR) is 85.6 cm³/mol. The van der Waals surface area contributed by atoms with Crippen molar-refractivity contribution in [2.75, 3.05) is 26.7 Å². The van der Waals surface area contributed by atoms with E-state index in [0.29, 0.717) is 25.1 Å². The summed E-state index contributed by atoms with van der Waals surface area (Å²) in [4.78, 5) is 28.3. The molecule has 2 aliphatic rings. The fraction of sp³-hybridized carbons (Fsp3) is 0.556. The molecule has 0 aromatic heterocycles. The molecule has 7 heteroatoms. The number of hydrogen-bond acceptors (Lipinski definition) is 2. The summed E-state index contributed by atoms with van der Waals surface area (Å²) in [7, 11) is 1.77. The highest BCUT2D eigenvalue weighted by atomic mass is 19.4. The number of piperidine rings is 1. The van der Waals surface area contributed by atoms with Crippen molar-refractivity contribution in [2.24, 2.45) is 5.41 Å². The van der Waals surface area contributed by atoms with Crippen molar-refractivity contribution in [3.05, 3.63) is 35.4 Å². The van der Waals surface area contributed by atoms with Gasteiger partial charge in [0, 0.05) is 26.7 Å². The van der Waals surface area contributed by atoms with Gasteiger partial charge in [0.25, 0.3) is 0 Å². The lowest BCUT2D eigenvalue weighted by atomic mass is 9.78. The molecule has 2 fully saturated rings. The standard InChI is InChI=1S/C18H21F3N2O2/c1-22-8-3-6-17(16(22)25)7-9-23(12-17)15(24)11-13-4-2-5-14(10-13)18(19,20)21/h2,4-5,10H,3,6-9,11-12H2,1H3/t17-/m0/s1. The zero-order valence-electron chi connectivity index (χ0n) is 14.1. The molecule has 0 saturated carbocycles. The minimum absolute atomic E-state index is 0.0770. The number of halogens is 3. The van der Waals surface area contributed by atoms with Gasteiger partial charge in [0.2, 0.25) is 11.8 Å². The van der Waals surface area contributed by atoms with Crippen LogP contribution in [-0.2, 0) is 22.2 Å². The Labute approximate surface area is 144 Å². The highest BCUT2D eigenvalue weighted by Crippen LogP contribution is 2.39. The number of benzene rings is 1. The van der Waals surface area contributed by atoms with E-state index < -0.39 is 17.2 Å². The summed E-state index contributed by atoms with van der Waals surface area (Å²) in [6.07, 6.45) is -2.19. The fourth-order valence-electron chi connectivity index (χ4n) is 3.88. The molecule has 2 amide bonds. The number of nitrogens with zero attached hydrogens (tertiary/aromatic N) is 2. The quantitative estimate of drug-likeness (QED) is 0.819. The van der Waals surface area contributed by atoms with Crippen molar-refractivity contribution in [1.82, 2.24) is 9.80 Å². The molecule has 1 atom stereocenters. The van der Waals surface area contributed by atoms with Crippen LogP contribution in [0.2, 0.25) is 0 Å². The zero-order chi connectivity index (χ0) is 18.2. The Hall–Kier alpha value is -2.05. The second-order valence-corrected chi connectivity index (χ2v) is 7.05. The maximum absolute atomic E-state index is 12.8. The Bertz CT molecular complexity index is 689. The second-order valence-electron chi connectivity index (χ2n) is 7.05. The zero-order valence-corrected chi connectivity index (χ0v) is 14.1. The number of rotatable bonds is 2. The number of amides is 2. The van der Waals surface area contributed by atoms with Gasteiger partial charge in [-0.3, -0.25) is 9.59 Å². The van der Waals surface area contributed by atoms with E-state index in [-0.39, 0.29) is 18.2 Å². The molecule has 0 bridgehead atoms. The molecule has 2 saturated heterocycles. The van der Waals surface area contributed by atoms with Gasteiger partial charge < -0.3 is 9.80 Å². The number of carbonyl (C=O) groups excluding carboxylic acids is 2. The number of likely N-dealkylation sites (tertiary alicyclic amines) is 2. The van der Waals surface area contributed by atoms with Crippen LogP contribution in [0.4, 0.5) is 13.2 Å². The Balaban J connectivity index is 1.68. The topological polar surface area (TPSA) is 40.6 Å². The first kappa shape index (κ1) is 17.8. The molecule has 136 valence electrons. The van der Waals surface area contributed by atoms with E-state index in [9.17, 15) is 22.8 Å². The largest absolute Gasteiger partial charge is 0.416 e. The van der Waals surface area contributed by atoms with Gasteiger partial charge in [0.15, 0.2) is 0 Å². The molecule has 4 nitrogen and oxygen atoms in total. The minimum Gasteiger partial charge on any atom is -0.345 e. The smallest absolute Gasteiger partial charge is 0.345 e. The molecule has 0 N–H and O–H groups in total. The summed E-state index contributed by atoms with van der Waals surface area (Å²) in [6, 6.07) is 4.85. The Morgan fingerprint density at radius 2 is 2.00 bits per heavy atom. The van der Waals surface area contributed by atoms with Gasteiger partial charge in [0.1, 0.15) is 0 Å². The van der Waals surface area contributed by atoms with Crippen molar-refractivity contribution in [3.8, 4) is 0 Å². The number of carbonyl (C=O) groups is 2. The lowest BCUT2D eigenvalue weighted by molar-refractivity contribution is -0.144. The van der Waals surface area contributed by atoms with Crippen LogP contribution in [0.5, 0.6) is 0 Å². The summed E-state index contributed by atoms with van der Waals surface area (Å²) in [5.41, 5.74) is -0.913. The molecular weight excluding hydrogens is 333 g/mol. The lowest BCUT2D eigenvalue weighted by Gasteiger charge is -2.37. The van der Waals surface area contributed by atoms with Gasteiger partial charge in [-0.1, -0.05) is 18.2 Å². The Kier molecular flexibility index (Phi) is 4.51. The van der Waals surface area contributed by atoms with Crippen molar-refractivity contribution < 1.29 is 22.8 Å². The van der Waals surface area contributed by atoms with Crippen molar-refractivity contribution in [3.63, 3.8) is 0 Å². The van der Waals surface area contributed by atoms with E-state index in [1.165, 1.54) is 12.1 Å². The summed E-state index contributed by atoms with van der Waals surface area (Å²) < 4.78 is 38.4. The molecular formula is C18H21F3N2O2. The van der Waals surface area contributed by atoms with Crippen LogP contribution in [0.15, 0.2) is 24.3 Å². The van der Waals surface area contributed by atoms with Gasteiger partial charge >= 0.3 is 6.18 Å². The van der Waals surface area contributed by atoms with Gasteiger partial charge in [-0.2, -0.15) is 13.2 Å². The maximum atomic E-state index is 12.8. The first-order valence-electron chi connectivity index (χ1n) is 8.41. The van der Waals surface area contributed by atoms with Crippen molar-refractivity contribution in [1.29, 1.82) is 0 Å². The van der Waals surface area contributed by atoms with Crippen LogP contribution >= 0.6 is 0 Å². The van der Waals surface area contributed by atoms with E-state index >= 15 is 0 Å². The van der Waals surface area contributed by atoms with Crippen LogP contribution in [0.1, 0.15) is 30.4 Å². The highest BCUT2D eigenvalue weighted by Gasteiger charge is 2.48. The first-order chi connectivity index (χ1) is 11.7. The number of hydrogen-bond donors (Lipinski definition) is 0. The molecule has 0 aliphatic carbocycles. The van der Waals surface area contributed by atoms with Crippen molar-refractivity contribution >= 4 is 11.8 Å². The van der Waals surface area contributed by atoms with E-state index in [2.05, 4.69) is 0 Å². The van der Waals surface area contributed by atoms with Crippen molar-refractivity contribution in [2.45, 2.75) is 31.9 Å². The minimum atomic E-state index is -4.42. The summed E-state index contributed by atoms with van der Waals surface area (Å²) in [6.45, 7) is 1.59. The summed E-state index contributed by atoms with van der Waals surface area (Å²) in [5.74, 6) is -0.148. The maximum Gasteiger partial charge on any atom is 0.416 e. The monoisotopic (exact) mass is 354 g/mol. The number of alkyl halides is 3. The van der Waals surface area contributed by atoms with E-state index in [1.807, 2.05) is 0 Å². The lowest BCUT2D eigenvalue weighted by Crippen LogP contribution is -2.48. The highest BCUT2D eigenvalue weighted by molar-refractivity contribution is 5.86. The Morgan fingerprint density at radius 3 is 2.72 bits per heavy atom. The molecule has 2 heterocycles. The fourth-order valence-corrected chi connectivity index (χ4v) is 3.88. The summed E-state index contributed by atoms with van der Waals surface area (Å²) >= 11 is 0. The van der Waals surface area contributed by atoms with Crippen LogP contribution < -0.4 is 0 Å². The average molecular weight is 354 g/mol. The van der Waals surface area contributed by atoms with Gasteiger partial charge in [0.05, 0.1) is 17.4 Å². The van der Waals surface area contributed by atoms with Crippen LogP contribution in [0.3, 0.4) is 0 Å². The molecule has 1 aromatic carbocycles. The van der Waals surface area contributed by atoms with E-state index in [4.69, 9.17) is 0 Å². The van der Waals surface area contributed by atoms with Crippen LogP contribution in [-0.4, -0.2) is 48.3 Å². The van der Waals surface area contributed by atoms with E-state index in [0.717, 1.165) is 31.5 Å². The second kappa shape index (κ2) is 6.35. The molecule has 25 heavy (non-hydrogen) atoms. The van der Waals surface area contributed by atoms with E-state index in [1.54, 1.807) is 16.8 Å². The summed E-state index contributed by atoms with van der Waals surface area (Å²) in [5, 5.41) is 0. The molecule has 2 aliphatic heterocycles. The third-order valence-electron chi connectivity index (χ3n) is 5.27. The van der Waals surface area contributed by atoms with Gasteiger partial charge in [-0.15, -0.1) is 0 Å². The molecule has 3 rings (SSSR count).